The topological polar surface area (TPSA) is 67.0 Å². The molecule has 0 bridgehead atoms. The summed E-state index contributed by atoms with van der Waals surface area (Å²) in [6.45, 7) is 0.559. The number of nitrogens with one attached hydrogen (secondary N) is 2. The van der Waals surface area contributed by atoms with E-state index >= 15 is 0 Å². The first-order chi connectivity index (χ1) is 6.79. The summed E-state index contributed by atoms with van der Waals surface area (Å²) in [5.41, 5.74) is -0.314. The summed E-state index contributed by atoms with van der Waals surface area (Å²) in [7, 11) is 1.42. The van der Waals surface area contributed by atoms with Crippen LogP contribution in [0.1, 0.15) is 6.42 Å². The number of hydrogen-bond acceptors (Lipinski definition) is 4. The summed E-state index contributed by atoms with van der Waals surface area (Å²) >= 11 is 0. The molecule has 0 aliphatic heterocycles. The Morgan fingerprint density at radius 1 is 1.79 bits per heavy atom. The molecule has 0 aliphatic carbocycles. The molecular weight excluding hydrogens is 182 g/mol. The largest absolute Gasteiger partial charge is 0.489 e. The second-order valence-electron chi connectivity index (χ2n) is 2.49. The second kappa shape index (κ2) is 4.92. The van der Waals surface area contributed by atoms with Gasteiger partial charge < -0.3 is 15.0 Å². The van der Waals surface area contributed by atoms with Crippen molar-refractivity contribution in [2.45, 2.75) is 6.42 Å². The molecule has 74 valence electrons. The van der Waals surface area contributed by atoms with Gasteiger partial charge in [0.05, 0.1) is 13.4 Å². The molecule has 0 fully saturated rings. The first kappa shape index (κ1) is 10.1. The molecule has 5 nitrogen and oxygen atoms in total. The summed E-state index contributed by atoms with van der Waals surface area (Å²) in [4.78, 5) is 17.5. The third-order valence-corrected chi connectivity index (χ3v) is 1.58. The molecule has 0 unspecified atom stereocenters. The smallest absolute Gasteiger partial charge is 0.295 e. The molecule has 5 heteroatoms. The third kappa shape index (κ3) is 2.26. The van der Waals surface area contributed by atoms with Gasteiger partial charge in [-0.15, -0.1) is 12.3 Å². The number of methoxy groups -OCH3 is 1. The van der Waals surface area contributed by atoms with E-state index < -0.39 is 0 Å². The number of ether oxygens (including phenoxy) is 1. The highest BCUT2D eigenvalue weighted by molar-refractivity contribution is 5.47. The molecule has 0 saturated heterocycles. The van der Waals surface area contributed by atoms with Crippen molar-refractivity contribution in [1.29, 1.82) is 0 Å². The van der Waals surface area contributed by atoms with Crippen LogP contribution in [-0.4, -0.2) is 23.6 Å². The highest BCUT2D eigenvalue weighted by Crippen LogP contribution is 2.13. The monoisotopic (exact) mass is 193 g/mol. The number of H-pyrrole nitrogens is 1. The van der Waals surface area contributed by atoms with Crippen molar-refractivity contribution >= 4 is 5.82 Å². The van der Waals surface area contributed by atoms with Crippen LogP contribution in [0.4, 0.5) is 5.82 Å². The quantitative estimate of drug-likeness (QED) is 0.530. The molecule has 1 aromatic rings. The van der Waals surface area contributed by atoms with Crippen molar-refractivity contribution in [1.82, 2.24) is 9.97 Å². The fraction of sp³-hybridized carbons (Fsp3) is 0.333. The second-order valence-corrected chi connectivity index (χ2v) is 2.49. The Balaban J connectivity index is 2.81. The Bertz CT molecular complexity index is 392. The van der Waals surface area contributed by atoms with Crippen LogP contribution in [0.5, 0.6) is 5.75 Å². The summed E-state index contributed by atoms with van der Waals surface area (Å²) in [5, 5.41) is 2.91. The average Bonchev–Trinajstić information content (AvgIpc) is 2.18. The molecule has 1 heterocycles. The Hall–Kier alpha value is -1.96. The van der Waals surface area contributed by atoms with E-state index in [0.717, 1.165) is 0 Å². The van der Waals surface area contributed by atoms with Gasteiger partial charge in [0.15, 0.2) is 5.82 Å². The van der Waals surface area contributed by atoms with E-state index in [0.29, 0.717) is 18.8 Å². The zero-order chi connectivity index (χ0) is 10.4. The van der Waals surface area contributed by atoms with Crippen LogP contribution in [-0.2, 0) is 0 Å². The molecule has 0 aliphatic rings. The first-order valence-corrected chi connectivity index (χ1v) is 4.08. The molecule has 0 aromatic carbocycles. The Kier molecular flexibility index (Phi) is 3.56. The lowest BCUT2D eigenvalue weighted by molar-refractivity contribution is 0.408. The molecule has 1 rings (SSSR count). The van der Waals surface area contributed by atoms with Crippen LogP contribution in [0, 0.1) is 12.3 Å². The number of anilines is 1. The van der Waals surface area contributed by atoms with Gasteiger partial charge in [0.25, 0.3) is 5.56 Å². The van der Waals surface area contributed by atoms with Crippen LogP contribution in [0.2, 0.25) is 0 Å². The number of terminal acetylenes is 1. The van der Waals surface area contributed by atoms with Crippen LogP contribution in [0.15, 0.2) is 11.1 Å². The van der Waals surface area contributed by atoms with Gasteiger partial charge in [-0.25, -0.2) is 4.98 Å². The predicted octanol–water partition coefficient (Wildman–Crippen LogP) is 0.214. The molecule has 0 amide bonds. The zero-order valence-corrected chi connectivity index (χ0v) is 7.83. The Morgan fingerprint density at radius 2 is 2.57 bits per heavy atom. The zero-order valence-electron chi connectivity index (χ0n) is 7.83. The molecule has 0 spiro atoms. The number of aromatic amines is 1. The van der Waals surface area contributed by atoms with Crippen LogP contribution in [0.25, 0.3) is 0 Å². The minimum absolute atomic E-state index is 0.171. The Labute approximate surface area is 81.5 Å². The van der Waals surface area contributed by atoms with Gasteiger partial charge in [-0.05, 0) is 0 Å². The van der Waals surface area contributed by atoms with E-state index in [1.165, 1.54) is 13.4 Å². The van der Waals surface area contributed by atoms with Crippen molar-refractivity contribution in [3.05, 3.63) is 16.7 Å². The van der Waals surface area contributed by atoms with Gasteiger partial charge in [-0.1, -0.05) is 0 Å². The summed E-state index contributed by atoms with van der Waals surface area (Å²) in [6, 6.07) is 0. The molecular formula is C9H11N3O2. The van der Waals surface area contributed by atoms with E-state index in [2.05, 4.69) is 21.2 Å². The molecule has 0 atom stereocenters. The first-order valence-electron chi connectivity index (χ1n) is 4.08. The van der Waals surface area contributed by atoms with Crippen molar-refractivity contribution in [3.8, 4) is 18.1 Å². The number of rotatable bonds is 4. The van der Waals surface area contributed by atoms with Crippen molar-refractivity contribution in [2.75, 3.05) is 19.0 Å². The van der Waals surface area contributed by atoms with E-state index in [4.69, 9.17) is 11.2 Å². The van der Waals surface area contributed by atoms with Gasteiger partial charge in [0, 0.05) is 13.0 Å². The lowest BCUT2D eigenvalue weighted by atomic mass is 10.4. The maximum Gasteiger partial charge on any atom is 0.295 e. The summed E-state index contributed by atoms with van der Waals surface area (Å²) in [5.74, 6) is 3.05. The Morgan fingerprint density at radius 3 is 3.21 bits per heavy atom. The highest BCUT2D eigenvalue weighted by atomic mass is 16.5. The minimum atomic E-state index is -0.314. The fourth-order valence-corrected chi connectivity index (χ4v) is 0.956. The standard InChI is InChI=1S/C9H11N3O2/c1-3-4-5-10-8-7(14-2)9(13)12-6-11-8/h1,6H,4-5H2,2H3,(H2,10,11,12,13). The lowest BCUT2D eigenvalue weighted by Crippen LogP contribution is -2.14. The highest BCUT2D eigenvalue weighted by Gasteiger charge is 2.06. The van der Waals surface area contributed by atoms with Gasteiger partial charge in [0.1, 0.15) is 0 Å². The van der Waals surface area contributed by atoms with Gasteiger partial charge >= 0.3 is 0 Å². The molecule has 0 radical (unpaired) electrons. The van der Waals surface area contributed by atoms with Crippen LogP contribution < -0.4 is 15.6 Å². The average molecular weight is 193 g/mol. The summed E-state index contributed by atoms with van der Waals surface area (Å²) in [6.07, 6.45) is 6.96. The number of hydrogen-bond donors (Lipinski definition) is 2. The molecule has 1 aromatic heterocycles. The van der Waals surface area contributed by atoms with Crippen LogP contribution >= 0.6 is 0 Å². The molecule has 2 N–H and O–H groups in total. The molecule has 0 saturated carbocycles. The van der Waals surface area contributed by atoms with Gasteiger partial charge in [-0.2, -0.15) is 0 Å². The van der Waals surface area contributed by atoms with E-state index in [1.807, 2.05) is 0 Å². The van der Waals surface area contributed by atoms with Gasteiger partial charge in [-0.3, -0.25) is 4.79 Å². The normalized spacial score (nSPS) is 9.14. The van der Waals surface area contributed by atoms with E-state index in [-0.39, 0.29) is 11.3 Å². The lowest BCUT2D eigenvalue weighted by Gasteiger charge is -2.06. The minimum Gasteiger partial charge on any atom is -0.489 e. The van der Waals surface area contributed by atoms with Crippen molar-refractivity contribution < 1.29 is 4.74 Å². The maximum atomic E-state index is 11.2. The number of aromatic nitrogens is 2. The van der Waals surface area contributed by atoms with Crippen molar-refractivity contribution in [2.24, 2.45) is 0 Å². The maximum absolute atomic E-state index is 11.2. The van der Waals surface area contributed by atoms with Crippen molar-refractivity contribution in [3.63, 3.8) is 0 Å². The summed E-state index contributed by atoms with van der Waals surface area (Å²) < 4.78 is 4.89. The van der Waals surface area contributed by atoms with E-state index in [1.54, 1.807) is 0 Å². The number of nitrogens with zero attached hydrogens (tertiary/aromatic N) is 1. The predicted molar refractivity (Wildman–Crippen MR) is 53.3 cm³/mol. The van der Waals surface area contributed by atoms with E-state index in [9.17, 15) is 4.79 Å². The SMILES string of the molecule is C#CCCNc1nc[nH]c(=O)c1OC. The molecule has 14 heavy (non-hydrogen) atoms. The van der Waals surface area contributed by atoms with Gasteiger partial charge in [0.2, 0.25) is 5.75 Å². The third-order valence-electron chi connectivity index (χ3n) is 1.58. The van der Waals surface area contributed by atoms with Crippen LogP contribution in [0.3, 0.4) is 0 Å². The fourth-order valence-electron chi connectivity index (χ4n) is 0.956.